The predicted molar refractivity (Wildman–Crippen MR) is 177 cm³/mol. The van der Waals surface area contributed by atoms with Crippen molar-refractivity contribution in [3.05, 3.63) is 63.6 Å². The van der Waals surface area contributed by atoms with Gasteiger partial charge in [0.15, 0.2) is 0 Å². The number of hydrogen-bond donors (Lipinski definition) is 1. The van der Waals surface area contributed by atoms with Gasteiger partial charge in [-0.3, -0.25) is 13.9 Å². The number of carbonyl (C=O) groups excluding carboxylic acids is 2. The van der Waals surface area contributed by atoms with Crippen molar-refractivity contribution in [1.29, 1.82) is 0 Å². The van der Waals surface area contributed by atoms with Crippen LogP contribution in [0.2, 0.25) is 10.0 Å². The maximum Gasteiger partial charge on any atom is 0.244 e. The number of carbonyl (C=O) groups is 2. The maximum atomic E-state index is 14.1. The van der Waals surface area contributed by atoms with Gasteiger partial charge in [-0.25, -0.2) is 8.42 Å². The lowest BCUT2D eigenvalue weighted by Crippen LogP contribution is -2.52. The monoisotopic (exact) mass is 661 g/mol. The van der Waals surface area contributed by atoms with E-state index in [2.05, 4.69) is 17.4 Å². The SMILES string of the molecule is CC[C@@H](C(=O)NCC(C)C)N(Cc1ccc(Cl)cc1Cl)C(=O)CN(c1ccc(C23CC4CC(CC(C4)C2)C3)cc1)S(C)(=O)=O. The molecule has 4 fully saturated rings. The highest BCUT2D eigenvalue weighted by molar-refractivity contribution is 7.92. The fourth-order valence-corrected chi connectivity index (χ4v) is 9.55. The Hall–Kier alpha value is -2.29. The van der Waals surface area contributed by atoms with E-state index < -0.39 is 28.5 Å². The van der Waals surface area contributed by atoms with E-state index in [1.54, 1.807) is 18.2 Å². The highest BCUT2D eigenvalue weighted by Gasteiger charge is 2.51. The zero-order valence-electron chi connectivity index (χ0n) is 26.2. The molecule has 240 valence electrons. The average Bonchev–Trinajstić information content (AvgIpc) is 2.94. The summed E-state index contributed by atoms with van der Waals surface area (Å²) in [6.45, 7) is 5.89. The van der Waals surface area contributed by atoms with Crippen LogP contribution in [0.1, 0.15) is 76.8 Å². The van der Waals surface area contributed by atoms with Gasteiger partial charge in [0.05, 0.1) is 11.9 Å². The molecule has 1 N–H and O–H groups in total. The summed E-state index contributed by atoms with van der Waals surface area (Å²) < 4.78 is 27.4. The first-order chi connectivity index (χ1) is 20.8. The minimum absolute atomic E-state index is 0.0327. The van der Waals surface area contributed by atoms with Gasteiger partial charge in [0.25, 0.3) is 0 Å². The van der Waals surface area contributed by atoms with Crippen LogP contribution in [-0.2, 0) is 31.6 Å². The maximum absolute atomic E-state index is 14.1. The second kappa shape index (κ2) is 13.2. The Bertz CT molecular complexity index is 1440. The molecule has 0 radical (unpaired) electrons. The van der Waals surface area contributed by atoms with Gasteiger partial charge < -0.3 is 10.2 Å². The van der Waals surface area contributed by atoms with E-state index in [0.717, 1.165) is 28.3 Å². The molecule has 2 aromatic carbocycles. The Morgan fingerprint density at radius 3 is 2.07 bits per heavy atom. The normalized spacial score (nSPS) is 24.8. The van der Waals surface area contributed by atoms with E-state index in [0.29, 0.717) is 34.3 Å². The van der Waals surface area contributed by atoms with Crippen LogP contribution in [0.25, 0.3) is 0 Å². The first-order valence-corrected chi connectivity index (χ1v) is 18.5. The lowest BCUT2D eigenvalue weighted by Gasteiger charge is -2.57. The standard InChI is InChI=1S/C34H45Cl2N3O4S/c1-5-31(33(41)37-19-22(2)3)38(20-26-6-9-28(35)15-30(26)36)32(40)21-39(44(4,42)43)29-10-7-27(8-11-29)34-16-23-12-24(17-34)14-25(13-23)18-34/h6-11,15,22-25,31H,5,12-14,16-21H2,1-4H3,(H,37,41)/t23?,24?,25?,31-,34?/m0/s1. The fourth-order valence-electron chi connectivity index (χ4n) is 8.23. The van der Waals surface area contributed by atoms with Crippen molar-refractivity contribution in [1.82, 2.24) is 10.2 Å². The van der Waals surface area contributed by atoms with Gasteiger partial charge in [-0.15, -0.1) is 0 Å². The van der Waals surface area contributed by atoms with Gasteiger partial charge in [-0.2, -0.15) is 0 Å². The van der Waals surface area contributed by atoms with Gasteiger partial charge in [0.2, 0.25) is 21.8 Å². The number of sulfonamides is 1. The zero-order valence-corrected chi connectivity index (χ0v) is 28.5. The lowest BCUT2D eigenvalue weighted by molar-refractivity contribution is -0.140. The molecule has 2 aromatic rings. The molecule has 1 atom stereocenters. The molecule has 4 saturated carbocycles. The molecule has 7 nitrogen and oxygen atoms in total. The number of benzene rings is 2. The third kappa shape index (κ3) is 7.23. The van der Waals surface area contributed by atoms with Gasteiger partial charge in [-0.05, 0) is 109 Å². The van der Waals surface area contributed by atoms with Crippen LogP contribution in [0.5, 0.6) is 0 Å². The summed E-state index contributed by atoms with van der Waals surface area (Å²) in [5.74, 6) is 1.86. The molecule has 4 aliphatic rings. The summed E-state index contributed by atoms with van der Waals surface area (Å²) in [7, 11) is -3.82. The first-order valence-electron chi connectivity index (χ1n) is 15.9. The van der Waals surface area contributed by atoms with Crippen molar-refractivity contribution in [2.24, 2.45) is 23.7 Å². The largest absolute Gasteiger partial charge is 0.354 e. The molecule has 4 aliphatic carbocycles. The molecule has 10 heteroatoms. The lowest BCUT2D eigenvalue weighted by atomic mass is 9.48. The molecule has 2 amide bonds. The van der Waals surface area contributed by atoms with Gasteiger partial charge in [0, 0.05) is 23.1 Å². The summed E-state index contributed by atoms with van der Waals surface area (Å²) in [5.41, 5.74) is 2.53. The van der Waals surface area contributed by atoms with Crippen LogP contribution >= 0.6 is 23.2 Å². The van der Waals surface area contributed by atoms with Crippen LogP contribution in [0.3, 0.4) is 0 Å². The van der Waals surface area contributed by atoms with Crippen LogP contribution < -0.4 is 9.62 Å². The minimum atomic E-state index is -3.82. The highest BCUT2D eigenvalue weighted by atomic mass is 35.5. The van der Waals surface area contributed by atoms with Crippen molar-refractivity contribution in [2.75, 3.05) is 23.7 Å². The highest BCUT2D eigenvalue weighted by Crippen LogP contribution is 2.60. The third-order valence-electron chi connectivity index (χ3n) is 9.91. The first kappa shape index (κ1) is 33.1. The molecular weight excluding hydrogens is 617 g/mol. The quantitative estimate of drug-likeness (QED) is 0.271. The molecule has 0 aromatic heterocycles. The van der Waals surface area contributed by atoms with E-state index in [1.165, 1.54) is 49.0 Å². The smallest absolute Gasteiger partial charge is 0.244 e. The summed E-state index contributed by atoms with van der Waals surface area (Å²) >= 11 is 12.6. The van der Waals surface area contributed by atoms with E-state index in [9.17, 15) is 18.0 Å². The number of rotatable bonds is 12. The topological polar surface area (TPSA) is 86.8 Å². The molecule has 6 rings (SSSR count). The zero-order chi connectivity index (χ0) is 31.8. The Balaban J connectivity index is 1.41. The van der Waals surface area contributed by atoms with Crippen molar-refractivity contribution in [3.8, 4) is 0 Å². The fraction of sp³-hybridized carbons (Fsp3) is 0.588. The summed E-state index contributed by atoms with van der Waals surface area (Å²) in [6, 6.07) is 12.0. The molecule has 44 heavy (non-hydrogen) atoms. The van der Waals surface area contributed by atoms with Crippen molar-refractivity contribution >= 4 is 50.7 Å². The molecule has 0 saturated heterocycles. The minimum Gasteiger partial charge on any atom is -0.354 e. The number of nitrogens with zero attached hydrogens (tertiary/aromatic N) is 2. The van der Waals surface area contributed by atoms with E-state index in [1.807, 2.05) is 32.9 Å². The number of anilines is 1. The van der Waals surface area contributed by atoms with Crippen LogP contribution in [0, 0.1) is 23.7 Å². The molecule has 0 spiro atoms. The average molecular weight is 663 g/mol. The van der Waals surface area contributed by atoms with Crippen LogP contribution in [0.15, 0.2) is 42.5 Å². The van der Waals surface area contributed by atoms with Crippen molar-refractivity contribution < 1.29 is 18.0 Å². The van der Waals surface area contributed by atoms with Gasteiger partial charge in [0.1, 0.15) is 12.6 Å². The second-order valence-electron chi connectivity index (χ2n) is 13.8. The summed E-state index contributed by atoms with van der Waals surface area (Å²) in [5, 5.41) is 3.76. The van der Waals surface area contributed by atoms with Crippen LogP contribution in [0.4, 0.5) is 5.69 Å². The Morgan fingerprint density at radius 2 is 1.57 bits per heavy atom. The number of hydrogen-bond acceptors (Lipinski definition) is 4. The molecule has 0 heterocycles. The van der Waals surface area contributed by atoms with Gasteiger partial charge in [-0.1, -0.05) is 62.2 Å². The summed E-state index contributed by atoms with van der Waals surface area (Å²) in [6.07, 6.45) is 9.16. The second-order valence-corrected chi connectivity index (χ2v) is 16.6. The molecule has 0 unspecified atom stereocenters. The van der Waals surface area contributed by atoms with Crippen LogP contribution in [-0.4, -0.2) is 50.5 Å². The van der Waals surface area contributed by atoms with E-state index in [4.69, 9.17) is 23.2 Å². The Kier molecular flexibility index (Phi) is 9.93. The van der Waals surface area contributed by atoms with E-state index >= 15 is 0 Å². The van der Waals surface area contributed by atoms with Gasteiger partial charge >= 0.3 is 0 Å². The third-order valence-corrected chi connectivity index (χ3v) is 11.6. The number of halogens is 2. The summed E-state index contributed by atoms with van der Waals surface area (Å²) in [4.78, 5) is 28.8. The van der Waals surface area contributed by atoms with Crippen molar-refractivity contribution in [2.45, 2.75) is 83.7 Å². The number of amides is 2. The Labute approximate surface area is 272 Å². The Morgan fingerprint density at radius 1 is 0.977 bits per heavy atom. The molecule has 0 aliphatic heterocycles. The number of nitrogens with one attached hydrogen (secondary N) is 1. The predicted octanol–water partition coefficient (Wildman–Crippen LogP) is 6.81. The van der Waals surface area contributed by atoms with Crippen molar-refractivity contribution in [3.63, 3.8) is 0 Å². The molecule has 4 bridgehead atoms. The molecular formula is C34H45Cl2N3O4S. The van der Waals surface area contributed by atoms with E-state index in [-0.39, 0.29) is 23.8 Å².